The molecule has 0 aromatic carbocycles. The molecule has 0 unspecified atom stereocenters. The van der Waals surface area contributed by atoms with Crippen LogP contribution in [0.25, 0.3) is 0 Å². The van der Waals surface area contributed by atoms with Crippen molar-refractivity contribution in [2.24, 2.45) is 5.73 Å². The molecule has 1 aromatic rings. The third kappa shape index (κ3) is 3.85. The van der Waals surface area contributed by atoms with E-state index in [2.05, 4.69) is 23.8 Å². The van der Waals surface area contributed by atoms with Gasteiger partial charge in [-0.05, 0) is 33.2 Å². The predicted molar refractivity (Wildman–Crippen MR) is 70.3 cm³/mol. The molecular formula is C12H22N4O. The zero-order valence-corrected chi connectivity index (χ0v) is 10.7. The number of rotatable bonds is 7. The Balaban J connectivity index is 2.75. The molecule has 0 spiro atoms. The Morgan fingerprint density at radius 3 is 2.59 bits per heavy atom. The lowest BCUT2D eigenvalue weighted by molar-refractivity contribution is 0.534. The number of unbranched alkanes of at least 4 members (excludes halogenated alkanes) is 1. The van der Waals surface area contributed by atoms with Crippen molar-refractivity contribution in [3.8, 4) is 0 Å². The lowest BCUT2D eigenvalue weighted by Gasteiger charge is -2.20. The van der Waals surface area contributed by atoms with Gasteiger partial charge in [-0.2, -0.15) is 5.10 Å². The molecule has 0 atom stereocenters. The molecule has 0 saturated heterocycles. The first-order valence-corrected chi connectivity index (χ1v) is 6.25. The number of aromatic nitrogens is 2. The second-order valence-corrected chi connectivity index (χ2v) is 3.94. The number of anilines is 1. The van der Waals surface area contributed by atoms with Gasteiger partial charge in [-0.15, -0.1) is 0 Å². The monoisotopic (exact) mass is 238 g/mol. The molecule has 0 amide bonds. The van der Waals surface area contributed by atoms with Crippen molar-refractivity contribution in [3.63, 3.8) is 0 Å². The van der Waals surface area contributed by atoms with Crippen LogP contribution in [0.4, 0.5) is 5.69 Å². The summed E-state index contributed by atoms with van der Waals surface area (Å²) in [5, 5.41) is 4.19. The van der Waals surface area contributed by atoms with E-state index in [1.807, 2.05) is 0 Å². The standard InChI is InChI=1S/C12H22N4O/c1-3-15(4-2)11-9-12(17)16(14-10-11)8-6-5-7-13/h9-10H,3-8,13H2,1-2H3. The third-order valence-corrected chi connectivity index (χ3v) is 2.81. The summed E-state index contributed by atoms with van der Waals surface area (Å²) in [7, 11) is 0. The normalized spacial score (nSPS) is 10.5. The molecule has 0 saturated carbocycles. The summed E-state index contributed by atoms with van der Waals surface area (Å²) >= 11 is 0. The number of nitrogens with two attached hydrogens (primary N) is 1. The molecule has 0 aliphatic heterocycles. The van der Waals surface area contributed by atoms with Gasteiger partial charge in [-0.25, -0.2) is 4.68 Å². The maximum absolute atomic E-state index is 11.8. The molecule has 0 radical (unpaired) electrons. The average Bonchev–Trinajstić information content (AvgIpc) is 2.33. The van der Waals surface area contributed by atoms with Crippen LogP contribution in [0.3, 0.4) is 0 Å². The van der Waals surface area contributed by atoms with E-state index in [9.17, 15) is 4.79 Å². The predicted octanol–water partition coefficient (Wildman–Crippen LogP) is 0.828. The van der Waals surface area contributed by atoms with Crippen molar-refractivity contribution in [2.75, 3.05) is 24.5 Å². The molecule has 17 heavy (non-hydrogen) atoms. The second kappa shape index (κ2) is 7.06. The molecule has 1 heterocycles. The SMILES string of the molecule is CCN(CC)c1cnn(CCCCN)c(=O)c1. The van der Waals surface area contributed by atoms with E-state index in [-0.39, 0.29) is 5.56 Å². The van der Waals surface area contributed by atoms with E-state index in [1.54, 1.807) is 12.3 Å². The fourth-order valence-corrected chi connectivity index (χ4v) is 1.76. The number of nitrogens with zero attached hydrogens (tertiary/aromatic N) is 3. The highest BCUT2D eigenvalue weighted by molar-refractivity contribution is 5.42. The van der Waals surface area contributed by atoms with Crippen molar-refractivity contribution in [1.82, 2.24) is 9.78 Å². The Kier molecular flexibility index (Phi) is 5.69. The van der Waals surface area contributed by atoms with E-state index in [0.29, 0.717) is 13.1 Å². The van der Waals surface area contributed by atoms with Crippen LogP contribution in [0.5, 0.6) is 0 Å². The van der Waals surface area contributed by atoms with Crippen LogP contribution in [0.1, 0.15) is 26.7 Å². The van der Waals surface area contributed by atoms with E-state index in [1.165, 1.54) is 4.68 Å². The highest BCUT2D eigenvalue weighted by Gasteiger charge is 2.04. The lowest BCUT2D eigenvalue weighted by atomic mass is 10.3. The molecule has 0 aliphatic rings. The zero-order chi connectivity index (χ0) is 12.7. The highest BCUT2D eigenvalue weighted by atomic mass is 16.1. The molecule has 1 aromatic heterocycles. The zero-order valence-electron chi connectivity index (χ0n) is 10.7. The first-order chi connectivity index (χ1) is 8.22. The Bertz CT molecular complexity index is 384. The van der Waals surface area contributed by atoms with Gasteiger partial charge in [0.25, 0.3) is 5.56 Å². The number of hydrogen-bond donors (Lipinski definition) is 1. The quantitative estimate of drug-likeness (QED) is 0.715. The Hall–Kier alpha value is -1.36. The van der Waals surface area contributed by atoms with Crippen LogP contribution < -0.4 is 16.2 Å². The molecule has 5 heteroatoms. The van der Waals surface area contributed by atoms with Crippen molar-refractivity contribution < 1.29 is 0 Å². The Labute approximate surface area is 102 Å². The van der Waals surface area contributed by atoms with Gasteiger partial charge >= 0.3 is 0 Å². The van der Waals surface area contributed by atoms with Gasteiger partial charge in [0, 0.05) is 25.7 Å². The van der Waals surface area contributed by atoms with Crippen molar-refractivity contribution >= 4 is 5.69 Å². The second-order valence-electron chi connectivity index (χ2n) is 3.94. The molecule has 0 bridgehead atoms. The smallest absolute Gasteiger partial charge is 0.268 e. The number of aryl methyl sites for hydroxylation is 1. The minimum atomic E-state index is -0.0357. The summed E-state index contributed by atoms with van der Waals surface area (Å²) in [6, 6.07) is 1.66. The van der Waals surface area contributed by atoms with E-state index in [0.717, 1.165) is 31.6 Å². The minimum Gasteiger partial charge on any atom is -0.371 e. The third-order valence-electron chi connectivity index (χ3n) is 2.81. The summed E-state index contributed by atoms with van der Waals surface area (Å²) in [5.41, 5.74) is 6.28. The summed E-state index contributed by atoms with van der Waals surface area (Å²) in [4.78, 5) is 13.9. The molecule has 96 valence electrons. The summed E-state index contributed by atoms with van der Waals surface area (Å²) < 4.78 is 1.50. The first-order valence-electron chi connectivity index (χ1n) is 6.25. The van der Waals surface area contributed by atoms with Gasteiger partial charge in [0.05, 0.1) is 11.9 Å². The van der Waals surface area contributed by atoms with Gasteiger partial charge < -0.3 is 10.6 Å². The molecule has 0 aliphatic carbocycles. The Morgan fingerprint density at radius 2 is 2.06 bits per heavy atom. The fraction of sp³-hybridized carbons (Fsp3) is 0.667. The largest absolute Gasteiger partial charge is 0.371 e. The van der Waals surface area contributed by atoms with E-state index in [4.69, 9.17) is 5.73 Å². The topological polar surface area (TPSA) is 64.2 Å². The summed E-state index contributed by atoms with van der Waals surface area (Å²) in [6.07, 6.45) is 3.58. The number of hydrogen-bond acceptors (Lipinski definition) is 4. The maximum atomic E-state index is 11.8. The lowest BCUT2D eigenvalue weighted by Crippen LogP contribution is -2.28. The first kappa shape index (κ1) is 13.7. The van der Waals surface area contributed by atoms with Crippen molar-refractivity contribution in [3.05, 3.63) is 22.6 Å². The summed E-state index contributed by atoms with van der Waals surface area (Å²) in [6.45, 7) is 7.21. The fourth-order valence-electron chi connectivity index (χ4n) is 1.76. The Morgan fingerprint density at radius 1 is 1.35 bits per heavy atom. The van der Waals surface area contributed by atoms with Gasteiger partial charge in [0.15, 0.2) is 0 Å². The summed E-state index contributed by atoms with van der Waals surface area (Å²) in [5.74, 6) is 0. The van der Waals surface area contributed by atoms with Crippen LogP contribution in [0, 0.1) is 0 Å². The van der Waals surface area contributed by atoms with Crippen LogP contribution in [0.15, 0.2) is 17.1 Å². The van der Waals surface area contributed by atoms with Crippen molar-refractivity contribution in [1.29, 1.82) is 0 Å². The molecule has 1 rings (SSSR count). The van der Waals surface area contributed by atoms with Gasteiger partial charge in [-0.1, -0.05) is 0 Å². The van der Waals surface area contributed by atoms with Crippen LogP contribution in [-0.2, 0) is 6.54 Å². The molecule has 0 fully saturated rings. The molecular weight excluding hydrogens is 216 g/mol. The van der Waals surface area contributed by atoms with Gasteiger partial charge in [-0.3, -0.25) is 4.79 Å². The van der Waals surface area contributed by atoms with Gasteiger partial charge in [0.2, 0.25) is 0 Å². The van der Waals surface area contributed by atoms with Crippen LogP contribution in [0.2, 0.25) is 0 Å². The van der Waals surface area contributed by atoms with Crippen molar-refractivity contribution in [2.45, 2.75) is 33.2 Å². The van der Waals surface area contributed by atoms with E-state index < -0.39 is 0 Å². The maximum Gasteiger partial charge on any atom is 0.268 e. The molecule has 5 nitrogen and oxygen atoms in total. The molecule has 2 N–H and O–H groups in total. The average molecular weight is 238 g/mol. The van der Waals surface area contributed by atoms with Crippen LogP contribution in [-0.4, -0.2) is 29.4 Å². The van der Waals surface area contributed by atoms with Crippen LogP contribution >= 0.6 is 0 Å². The van der Waals surface area contributed by atoms with Gasteiger partial charge in [0.1, 0.15) is 0 Å². The minimum absolute atomic E-state index is 0.0357. The van der Waals surface area contributed by atoms with E-state index >= 15 is 0 Å². The highest BCUT2D eigenvalue weighted by Crippen LogP contribution is 2.08.